The van der Waals surface area contributed by atoms with Crippen molar-refractivity contribution in [2.75, 3.05) is 7.05 Å². The fourth-order valence-corrected chi connectivity index (χ4v) is 3.78. The molecule has 0 spiro atoms. The van der Waals surface area contributed by atoms with E-state index in [0.717, 1.165) is 6.42 Å². The van der Waals surface area contributed by atoms with E-state index in [4.69, 9.17) is 0 Å². The van der Waals surface area contributed by atoms with Crippen LogP contribution in [0.1, 0.15) is 70.9 Å². The SMILES string of the molecule is CNC(Cc1ccc(C(C)(C)C)cc1)C1(C)CCCCC1. The van der Waals surface area contributed by atoms with E-state index >= 15 is 0 Å². The molecule has 0 amide bonds. The first-order valence-electron chi connectivity index (χ1n) is 8.62. The molecule has 1 aromatic carbocycles. The van der Waals surface area contributed by atoms with Gasteiger partial charge in [0.25, 0.3) is 0 Å². The molecule has 0 aliphatic heterocycles. The maximum absolute atomic E-state index is 3.61. The van der Waals surface area contributed by atoms with Gasteiger partial charge < -0.3 is 5.32 Å². The van der Waals surface area contributed by atoms with Gasteiger partial charge in [-0.1, -0.05) is 71.2 Å². The van der Waals surface area contributed by atoms with Crippen LogP contribution < -0.4 is 5.32 Å². The Morgan fingerprint density at radius 2 is 1.62 bits per heavy atom. The third-order valence-electron chi connectivity index (χ3n) is 5.45. The van der Waals surface area contributed by atoms with Crippen molar-refractivity contribution < 1.29 is 0 Å². The van der Waals surface area contributed by atoms with Gasteiger partial charge in [-0.2, -0.15) is 0 Å². The van der Waals surface area contributed by atoms with Gasteiger partial charge >= 0.3 is 0 Å². The minimum atomic E-state index is 0.246. The van der Waals surface area contributed by atoms with Crippen LogP contribution in [0.25, 0.3) is 0 Å². The van der Waals surface area contributed by atoms with Crippen molar-refractivity contribution in [3.05, 3.63) is 35.4 Å². The lowest BCUT2D eigenvalue weighted by atomic mass is 9.69. The molecular formula is C20H33N. The molecule has 21 heavy (non-hydrogen) atoms. The zero-order chi connectivity index (χ0) is 15.5. The summed E-state index contributed by atoms with van der Waals surface area (Å²) in [6.07, 6.45) is 8.12. The van der Waals surface area contributed by atoms with Crippen LogP contribution in [0.5, 0.6) is 0 Å². The molecule has 1 heteroatoms. The Morgan fingerprint density at radius 3 is 2.10 bits per heavy atom. The average Bonchev–Trinajstić information content (AvgIpc) is 2.45. The summed E-state index contributed by atoms with van der Waals surface area (Å²) in [7, 11) is 2.13. The highest BCUT2D eigenvalue weighted by molar-refractivity contribution is 5.28. The molecule has 1 aromatic rings. The van der Waals surface area contributed by atoms with Gasteiger partial charge in [-0.3, -0.25) is 0 Å². The summed E-state index contributed by atoms with van der Waals surface area (Å²) < 4.78 is 0. The topological polar surface area (TPSA) is 12.0 Å². The maximum atomic E-state index is 3.61. The van der Waals surface area contributed by atoms with Gasteiger partial charge in [0.15, 0.2) is 0 Å². The van der Waals surface area contributed by atoms with E-state index in [1.165, 1.54) is 43.2 Å². The van der Waals surface area contributed by atoms with Crippen LogP contribution in [0, 0.1) is 5.41 Å². The van der Waals surface area contributed by atoms with Crippen LogP contribution in [-0.4, -0.2) is 13.1 Å². The smallest absolute Gasteiger partial charge is 0.0158 e. The second-order valence-electron chi connectivity index (χ2n) is 8.21. The molecule has 1 unspecified atom stereocenters. The van der Waals surface area contributed by atoms with Crippen LogP contribution >= 0.6 is 0 Å². The normalized spacial score (nSPS) is 20.2. The number of benzene rings is 1. The third kappa shape index (κ3) is 4.10. The lowest BCUT2D eigenvalue weighted by molar-refractivity contribution is 0.149. The first-order chi connectivity index (χ1) is 9.85. The van der Waals surface area contributed by atoms with Crippen LogP contribution in [0.3, 0.4) is 0 Å². The van der Waals surface area contributed by atoms with E-state index in [1.54, 1.807) is 0 Å². The third-order valence-corrected chi connectivity index (χ3v) is 5.45. The van der Waals surface area contributed by atoms with Crippen molar-refractivity contribution in [3.63, 3.8) is 0 Å². The van der Waals surface area contributed by atoms with Gasteiger partial charge in [-0.25, -0.2) is 0 Å². The Kier molecular flexibility index (Phi) is 5.14. The summed E-state index contributed by atoms with van der Waals surface area (Å²) in [5, 5.41) is 3.61. The molecule has 0 heterocycles. The zero-order valence-electron chi connectivity index (χ0n) is 14.6. The Balaban J connectivity index is 2.08. The highest BCUT2D eigenvalue weighted by atomic mass is 14.9. The van der Waals surface area contributed by atoms with Gasteiger partial charge in [0.1, 0.15) is 0 Å². The van der Waals surface area contributed by atoms with Gasteiger partial charge in [0, 0.05) is 6.04 Å². The van der Waals surface area contributed by atoms with E-state index < -0.39 is 0 Å². The molecule has 1 nitrogen and oxygen atoms in total. The van der Waals surface area contributed by atoms with E-state index in [2.05, 4.69) is 64.3 Å². The number of likely N-dealkylation sites (N-methyl/N-ethyl adjacent to an activating group) is 1. The number of hydrogen-bond acceptors (Lipinski definition) is 1. The lowest BCUT2D eigenvalue weighted by Crippen LogP contribution is -2.44. The number of rotatable bonds is 4. The van der Waals surface area contributed by atoms with Gasteiger partial charge in [-0.15, -0.1) is 0 Å². The second kappa shape index (κ2) is 6.52. The molecule has 118 valence electrons. The number of hydrogen-bond donors (Lipinski definition) is 1. The van der Waals surface area contributed by atoms with Crippen molar-refractivity contribution in [2.24, 2.45) is 5.41 Å². The average molecular weight is 287 g/mol. The molecule has 1 saturated carbocycles. The van der Waals surface area contributed by atoms with Crippen molar-refractivity contribution in [1.82, 2.24) is 5.32 Å². The molecule has 1 fully saturated rings. The van der Waals surface area contributed by atoms with Gasteiger partial charge in [0.05, 0.1) is 0 Å². The largest absolute Gasteiger partial charge is 0.316 e. The minimum absolute atomic E-state index is 0.246. The van der Waals surface area contributed by atoms with Gasteiger partial charge in [-0.05, 0) is 48.3 Å². The van der Waals surface area contributed by atoms with E-state index in [0.29, 0.717) is 11.5 Å². The number of nitrogens with one attached hydrogen (secondary N) is 1. The summed E-state index contributed by atoms with van der Waals surface area (Å²) in [6.45, 7) is 9.32. The van der Waals surface area contributed by atoms with E-state index in [-0.39, 0.29) is 5.41 Å². The van der Waals surface area contributed by atoms with Crippen LogP contribution in [0.4, 0.5) is 0 Å². The van der Waals surface area contributed by atoms with Crippen LogP contribution in [0.15, 0.2) is 24.3 Å². The molecule has 0 saturated heterocycles. The molecule has 0 radical (unpaired) electrons. The van der Waals surface area contributed by atoms with Crippen LogP contribution in [0.2, 0.25) is 0 Å². The summed E-state index contributed by atoms with van der Waals surface area (Å²) in [6, 6.07) is 9.88. The summed E-state index contributed by atoms with van der Waals surface area (Å²) in [5.74, 6) is 0. The Hall–Kier alpha value is -0.820. The maximum Gasteiger partial charge on any atom is 0.0158 e. The Bertz CT molecular complexity index is 432. The Labute approximate surface area is 131 Å². The standard InChI is InChI=1S/C20H33N/c1-19(2,3)17-11-9-16(10-12-17)15-18(21-5)20(4)13-7-6-8-14-20/h9-12,18,21H,6-8,13-15H2,1-5H3. The predicted molar refractivity (Wildman–Crippen MR) is 92.9 cm³/mol. The Morgan fingerprint density at radius 1 is 1.05 bits per heavy atom. The van der Waals surface area contributed by atoms with Crippen molar-refractivity contribution in [1.29, 1.82) is 0 Å². The van der Waals surface area contributed by atoms with Crippen LogP contribution in [-0.2, 0) is 11.8 Å². The van der Waals surface area contributed by atoms with Crippen molar-refractivity contribution in [3.8, 4) is 0 Å². The van der Waals surface area contributed by atoms with E-state index in [1.807, 2.05) is 0 Å². The van der Waals surface area contributed by atoms with Crippen molar-refractivity contribution in [2.45, 2.75) is 77.7 Å². The highest BCUT2D eigenvalue weighted by Crippen LogP contribution is 2.39. The van der Waals surface area contributed by atoms with Gasteiger partial charge in [0.2, 0.25) is 0 Å². The van der Waals surface area contributed by atoms with Crippen molar-refractivity contribution >= 4 is 0 Å². The summed E-state index contributed by atoms with van der Waals surface area (Å²) in [5.41, 5.74) is 3.61. The monoisotopic (exact) mass is 287 g/mol. The summed E-state index contributed by atoms with van der Waals surface area (Å²) >= 11 is 0. The fraction of sp³-hybridized carbons (Fsp3) is 0.700. The quantitative estimate of drug-likeness (QED) is 0.814. The fourth-order valence-electron chi connectivity index (χ4n) is 3.78. The molecule has 1 atom stereocenters. The first-order valence-corrected chi connectivity index (χ1v) is 8.62. The second-order valence-corrected chi connectivity index (χ2v) is 8.21. The first kappa shape index (κ1) is 16.5. The minimum Gasteiger partial charge on any atom is -0.316 e. The summed E-state index contributed by atoms with van der Waals surface area (Å²) in [4.78, 5) is 0. The molecule has 0 bridgehead atoms. The molecule has 1 N–H and O–H groups in total. The molecule has 2 rings (SSSR count). The predicted octanol–water partition coefficient (Wildman–Crippen LogP) is 5.09. The lowest BCUT2D eigenvalue weighted by Gasteiger charge is -2.41. The molecular weight excluding hydrogens is 254 g/mol. The molecule has 1 aliphatic carbocycles. The van der Waals surface area contributed by atoms with E-state index in [9.17, 15) is 0 Å². The molecule has 1 aliphatic rings. The molecule has 0 aromatic heterocycles. The zero-order valence-corrected chi connectivity index (χ0v) is 14.6. The highest BCUT2D eigenvalue weighted by Gasteiger charge is 2.34.